The quantitative estimate of drug-likeness (QED) is 0.460. The fraction of sp³-hybridized carbons (Fsp3) is 0.500. The van der Waals surface area contributed by atoms with Crippen molar-refractivity contribution in [1.29, 1.82) is 0 Å². The second-order valence-electron chi connectivity index (χ2n) is 5.27. The highest BCUT2D eigenvalue weighted by molar-refractivity contribution is 8.00. The van der Waals surface area contributed by atoms with Crippen molar-refractivity contribution in [3.63, 3.8) is 0 Å². The first-order valence-corrected chi connectivity index (χ1v) is 9.96. The monoisotopic (exact) mass is 375 g/mol. The molecule has 2 aromatic rings. The van der Waals surface area contributed by atoms with Crippen LogP contribution in [0.5, 0.6) is 0 Å². The van der Waals surface area contributed by atoms with Crippen LogP contribution in [0.25, 0.3) is 11.2 Å². The summed E-state index contributed by atoms with van der Waals surface area (Å²) in [6.45, 7) is 1.72. The van der Waals surface area contributed by atoms with Crippen molar-refractivity contribution in [2.24, 2.45) is 0 Å². The van der Waals surface area contributed by atoms with Crippen molar-refractivity contribution in [2.75, 3.05) is 11.5 Å². The molecule has 2 aromatic heterocycles. The molecule has 2 atom stereocenters. The van der Waals surface area contributed by atoms with Crippen LogP contribution in [0.1, 0.15) is 13.3 Å². The van der Waals surface area contributed by atoms with Gasteiger partial charge in [0.2, 0.25) is 11.2 Å². The first kappa shape index (κ1) is 16.5. The molecule has 1 aliphatic rings. The second-order valence-corrected chi connectivity index (χ2v) is 9.16. The van der Waals surface area contributed by atoms with Crippen molar-refractivity contribution >= 4 is 50.3 Å². The molecular weight excluding hydrogens is 362 g/mol. The number of rotatable bonds is 4. The second kappa shape index (κ2) is 6.25. The number of thioether (sulfide) groups is 1. The van der Waals surface area contributed by atoms with Crippen LogP contribution in [0.15, 0.2) is 11.4 Å². The number of fused-ring (bicyclic) bond motifs is 1. The van der Waals surface area contributed by atoms with Gasteiger partial charge in [0, 0.05) is 6.04 Å². The van der Waals surface area contributed by atoms with Crippen LogP contribution in [0, 0.1) is 0 Å². The summed E-state index contributed by atoms with van der Waals surface area (Å²) in [6, 6.07) is -0.322. The summed E-state index contributed by atoms with van der Waals surface area (Å²) in [4.78, 5) is 27.3. The number of amides is 1. The van der Waals surface area contributed by atoms with Crippen molar-refractivity contribution in [1.82, 2.24) is 25.3 Å². The Morgan fingerprint density at radius 3 is 3.00 bits per heavy atom. The van der Waals surface area contributed by atoms with Gasteiger partial charge in [0.15, 0.2) is 15.5 Å². The first-order chi connectivity index (χ1) is 10.8. The van der Waals surface area contributed by atoms with Crippen molar-refractivity contribution in [3.8, 4) is 0 Å². The van der Waals surface area contributed by atoms with Gasteiger partial charge in [-0.1, -0.05) is 11.8 Å². The Kier molecular flexibility index (Phi) is 4.47. The van der Waals surface area contributed by atoms with Gasteiger partial charge in [0.05, 0.1) is 23.1 Å². The lowest BCUT2D eigenvalue weighted by atomic mass is 10.2. The lowest BCUT2D eigenvalue weighted by Crippen LogP contribution is -2.39. The van der Waals surface area contributed by atoms with E-state index in [4.69, 9.17) is 11.6 Å². The number of halogens is 1. The Morgan fingerprint density at radius 1 is 1.52 bits per heavy atom. The molecule has 0 radical (unpaired) electrons. The average molecular weight is 376 g/mol. The van der Waals surface area contributed by atoms with Crippen molar-refractivity contribution in [3.05, 3.63) is 11.6 Å². The summed E-state index contributed by atoms with van der Waals surface area (Å²) in [7, 11) is -3.03. The minimum atomic E-state index is -3.03. The number of nitrogens with one attached hydrogen (secondary N) is 2. The molecule has 0 bridgehead atoms. The summed E-state index contributed by atoms with van der Waals surface area (Å²) < 4.78 is 22.9. The van der Waals surface area contributed by atoms with Gasteiger partial charge in [0.25, 0.3) is 0 Å². The van der Waals surface area contributed by atoms with E-state index in [1.165, 1.54) is 18.1 Å². The number of imidazole rings is 1. The molecule has 8 nitrogen and oxygen atoms in total. The highest BCUT2D eigenvalue weighted by atomic mass is 35.5. The molecule has 11 heteroatoms. The van der Waals surface area contributed by atoms with Gasteiger partial charge in [0.1, 0.15) is 10.5 Å². The lowest BCUT2D eigenvalue weighted by molar-refractivity contribution is -0.120. The Bertz CT molecular complexity index is 853. The zero-order valence-corrected chi connectivity index (χ0v) is 14.5. The van der Waals surface area contributed by atoms with Gasteiger partial charge in [-0.3, -0.25) is 4.79 Å². The zero-order chi connectivity index (χ0) is 16.6. The van der Waals surface area contributed by atoms with E-state index in [1.54, 1.807) is 6.92 Å². The fourth-order valence-electron chi connectivity index (χ4n) is 2.31. The smallest absolute Gasteiger partial charge is 0.233 e. The SMILES string of the molecule is C[C@H](Sc1nc(Cl)nc2nc[nH]c12)C(=O)N[C@@H]1CCS(=O)(=O)C1. The van der Waals surface area contributed by atoms with E-state index >= 15 is 0 Å². The van der Waals surface area contributed by atoms with Crippen LogP contribution in [-0.4, -0.2) is 57.1 Å². The molecule has 3 heterocycles. The number of carbonyl (C=O) groups is 1. The minimum Gasteiger partial charge on any atom is -0.351 e. The number of nitrogens with zero attached hydrogens (tertiary/aromatic N) is 3. The van der Waals surface area contributed by atoms with Gasteiger partial charge < -0.3 is 10.3 Å². The van der Waals surface area contributed by atoms with Crippen LogP contribution >= 0.6 is 23.4 Å². The molecule has 1 amide bonds. The van der Waals surface area contributed by atoms with E-state index in [0.29, 0.717) is 22.6 Å². The largest absolute Gasteiger partial charge is 0.351 e. The normalized spacial score (nSPS) is 21.4. The molecule has 0 unspecified atom stereocenters. The molecule has 1 saturated heterocycles. The van der Waals surface area contributed by atoms with Crippen LogP contribution in [0.4, 0.5) is 0 Å². The van der Waals surface area contributed by atoms with Crippen molar-refractivity contribution in [2.45, 2.75) is 29.7 Å². The molecule has 2 N–H and O–H groups in total. The predicted molar refractivity (Wildman–Crippen MR) is 87.2 cm³/mol. The molecular formula is C12H14ClN5O3S2. The van der Waals surface area contributed by atoms with E-state index < -0.39 is 15.1 Å². The lowest BCUT2D eigenvalue weighted by Gasteiger charge is -2.15. The number of carbonyl (C=O) groups excluding carboxylic acids is 1. The summed E-state index contributed by atoms with van der Waals surface area (Å²) >= 11 is 7.07. The van der Waals surface area contributed by atoms with Crippen LogP contribution < -0.4 is 5.32 Å². The van der Waals surface area contributed by atoms with E-state index in [9.17, 15) is 13.2 Å². The van der Waals surface area contributed by atoms with Gasteiger partial charge in [-0.05, 0) is 24.9 Å². The molecule has 23 heavy (non-hydrogen) atoms. The number of hydrogen-bond donors (Lipinski definition) is 2. The third kappa shape index (κ3) is 3.75. The summed E-state index contributed by atoms with van der Waals surface area (Å²) in [5.74, 6) is -0.116. The number of hydrogen-bond acceptors (Lipinski definition) is 7. The highest BCUT2D eigenvalue weighted by Crippen LogP contribution is 2.28. The van der Waals surface area contributed by atoms with E-state index in [0.717, 1.165) is 0 Å². The first-order valence-electron chi connectivity index (χ1n) is 6.88. The average Bonchev–Trinajstić information content (AvgIpc) is 3.04. The molecule has 1 aliphatic heterocycles. The summed E-state index contributed by atoms with van der Waals surface area (Å²) in [6.07, 6.45) is 1.93. The van der Waals surface area contributed by atoms with Crippen molar-refractivity contribution < 1.29 is 13.2 Å². The topological polar surface area (TPSA) is 118 Å². The standard InChI is InChI=1S/C12H14ClN5O3S2/c1-6(10(19)16-7-2-3-23(20,21)4-7)22-11-8-9(15-5-14-8)17-12(13)18-11/h5-7H,2-4H2,1H3,(H,16,19)(H,14,15,17,18)/t6-,7+/m0/s1. The molecule has 0 aliphatic carbocycles. The number of aromatic nitrogens is 4. The zero-order valence-electron chi connectivity index (χ0n) is 12.1. The summed E-state index contributed by atoms with van der Waals surface area (Å²) in [5.41, 5.74) is 1.05. The Hall–Kier alpha value is -1.39. The van der Waals surface area contributed by atoms with Crippen LogP contribution in [0.2, 0.25) is 5.28 Å². The number of sulfone groups is 1. The Balaban J connectivity index is 1.69. The van der Waals surface area contributed by atoms with E-state index in [-0.39, 0.29) is 28.7 Å². The van der Waals surface area contributed by atoms with Gasteiger partial charge in [-0.2, -0.15) is 4.98 Å². The Labute approximate surface area is 141 Å². The van der Waals surface area contributed by atoms with Gasteiger partial charge in [-0.25, -0.2) is 18.4 Å². The Morgan fingerprint density at radius 2 is 2.30 bits per heavy atom. The molecule has 1 fully saturated rings. The summed E-state index contributed by atoms with van der Waals surface area (Å²) in [5, 5.41) is 2.89. The maximum Gasteiger partial charge on any atom is 0.233 e. The molecule has 3 rings (SSSR count). The maximum absolute atomic E-state index is 12.2. The molecule has 124 valence electrons. The van der Waals surface area contributed by atoms with Gasteiger partial charge >= 0.3 is 0 Å². The third-order valence-corrected chi connectivity index (χ3v) is 6.48. The van der Waals surface area contributed by atoms with Gasteiger partial charge in [-0.15, -0.1) is 0 Å². The predicted octanol–water partition coefficient (Wildman–Crippen LogP) is 0.790. The van der Waals surface area contributed by atoms with Crippen LogP contribution in [-0.2, 0) is 14.6 Å². The van der Waals surface area contributed by atoms with E-state index in [2.05, 4.69) is 25.3 Å². The van der Waals surface area contributed by atoms with Crippen LogP contribution in [0.3, 0.4) is 0 Å². The fourth-order valence-corrected chi connectivity index (χ4v) is 5.12. The van der Waals surface area contributed by atoms with E-state index in [1.807, 2.05) is 0 Å². The molecule has 0 aromatic carbocycles. The number of H-pyrrole nitrogens is 1. The molecule has 0 saturated carbocycles. The molecule has 0 spiro atoms. The number of aromatic amines is 1. The highest BCUT2D eigenvalue weighted by Gasteiger charge is 2.30. The third-order valence-electron chi connectivity index (χ3n) is 3.46. The minimum absolute atomic E-state index is 0.000253. The maximum atomic E-state index is 12.2.